The summed E-state index contributed by atoms with van der Waals surface area (Å²) in [6.07, 6.45) is 2.30. The first kappa shape index (κ1) is 15.6. The van der Waals surface area contributed by atoms with Crippen LogP contribution in [0.3, 0.4) is 0 Å². The number of hydrogen-bond donors (Lipinski definition) is 1. The summed E-state index contributed by atoms with van der Waals surface area (Å²) in [6, 6.07) is 5.20. The Balaban J connectivity index is 1.97. The van der Waals surface area contributed by atoms with E-state index >= 15 is 0 Å². The van der Waals surface area contributed by atoms with Crippen LogP contribution in [-0.2, 0) is 0 Å². The molecule has 1 aliphatic heterocycles. The molecule has 1 aromatic carbocycles. The number of nitrogens with two attached hydrogens (primary N) is 1. The number of carbonyl (C=O) groups is 1. The minimum Gasteiger partial charge on any atom is -0.495 e. The molecule has 116 valence electrons. The van der Waals surface area contributed by atoms with Crippen LogP contribution in [0.1, 0.15) is 23.2 Å². The van der Waals surface area contributed by atoms with E-state index in [9.17, 15) is 4.79 Å². The van der Waals surface area contributed by atoms with Gasteiger partial charge in [-0.2, -0.15) is 0 Å². The molecule has 2 rings (SSSR count). The van der Waals surface area contributed by atoms with Crippen molar-refractivity contribution in [3.05, 3.63) is 23.8 Å². The Bertz CT molecular complexity index is 496. The summed E-state index contributed by atoms with van der Waals surface area (Å²) in [7, 11) is 5.58. The van der Waals surface area contributed by atoms with E-state index in [1.165, 1.54) is 0 Å². The highest BCUT2D eigenvalue weighted by atomic mass is 16.5. The lowest BCUT2D eigenvalue weighted by molar-refractivity contribution is 0.0747. The number of nitrogens with zero attached hydrogens (tertiary/aromatic N) is 2. The van der Waals surface area contributed by atoms with E-state index in [0.29, 0.717) is 22.9 Å². The van der Waals surface area contributed by atoms with Crippen molar-refractivity contribution >= 4 is 11.6 Å². The maximum absolute atomic E-state index is 12.5. The summed E-state index contributed by atoms with van der Waals surface area (Å²) in [4.78, 5) is 16.6. The van der Waals surface area contributed by atoms with Gasteiger partial charge in [0.05, 0.1) is 12.8 Å². The van der Waals surface area contributed by atoms with Crippen molar-refractivity contribution < 1.29 is 9.53 Å². The third-order valence-corrected chi connectivity index (χ3v) is 4.19. The first-order valence-corrected chi connectivity index (χ1v) is 7.38. The number of nitrogen functional groups attached to an aromatic ring is 1. The number of hydrogen-bond acceptors (Lipinski definition) is 4. The highest BCUT2D eigenvalue weighted by molar-refractivity contribution is 5.95. The Labute approximate surface area is 126 Å². The molecule has 1 saturated heterocycles. The van der Waals surface area contributed by atoms with Gasteiger partial charge in [0.1, 0.15) is 5.75 Å². The van der Waals surface area contributed by atoms with Crippen LogP contribution in [0, 0.1) is 5.92 Å². The second kappa shape index (κ2) is 6.80. The van der Waals surface area contributed by atoms with Crippen LogP contribution < -0.4 is 10.5 Å². The van der Waals surface area contributed by atoms with Crippen molar-refractivity contribution in [2.24, 2.45) is 5.92 Å². The second-order valence-electron chi connectivity index (χ2n) is 5.89. The van der Waals surface area contributed by atoms with Gasteiger partial charge in [-0.1, -0.05) is 0 Å². The molecule has 0 spiro atoms. The normalized spacial score (nSPS) is 16.7. The van der Waals surface area contributed by atoms with Crippen LogP contribution in [0.2, 0.25) is 0 Å². The molecule has 1 amide bonds. The average molecular weight is 291 g/mol. The lowest BCUT2D eigenvalue weighted by Crippen LogP contribution is -2.38. The van der Waals surface area contributed by atoms with Crippen molar-refractivity contribution in [1.29, 1.82) is 0 Å². The molecule has 1 heterocycles. The molecule has 1 aromatic rings. The van der Waals surface area contributed by atoms with Gasteiger partial charge in [-0.3, -0.25) is 4.79 Å². The topological polar surface area (TPSA) is 58.8 Å². The minimum atomic E-state index is 0.0169. The van der Waals surface area contributed by atoms with E-state index in [4.69, 9.17) is 10.5 Å². The number of carbonyl (C=O) groups excluding carboxylic acids is 1. The van der Waals surface area contributed by atoms with Gasteiger partial charge < -0.3 is 20.3 Å². The quantitative estimate of drug-likeness (QED) is 0.858. The zero-order chi connectivity index (χ0) is 15.4. The Morgan fingerprint density at radius 1 is 1.43 bits per heavy atom. The number of amides is 1. The van der Waals surface area contributed by atoms with Gasteiger partial charge in [0.25, 0.3) is 5.91 Å². The van der Waals surface area contributed by atoms with Crippen LogP contribution in [0.5, 0.6) is 5.75 Å². The average Bonchev–Trinajstić information content (AvgIpc) is 2.48. The maximum atomic E-state index is 12.5. The summed E-state index contributed by atoms with van der Waals surface area (Å²) in [6.45, 7) is 3.03. The van der Waals surface area contributed by atoms with E-state index < -0.39 is 0 Å². The lowest BCUT2D eigenvalue weighted by Gasteiger charge is -2.31. The summed E-state index contributed by atoms with van der Waals surface area (Å²) >= 11 is 0. The molecule has 1 fully saturated rings. The number of anilines is 1. The van der Waals surface area contributed by atoms with E-state index in [-0.39, 0.29) is 5.91 Å². The molecule has 5 nitrogen and oxygen atoms in total. The Morgan fingerprint density at radius 2 is 2.10 bits per heavy atom. The zero-order valence-corrected chi connectivity index (χ0v) is 13.1. The monoisotopic (exact) mass is 291 g/mol. The molecule has 0 saturated carbocycles. The Hall–Kier alpha value is -1.75. The number of piperidine rings is 1. The van der Waals surface area contributed by atoms with Gasteiger partial charge in [0.15, 0.2) is 0 Å². The van der Waals surface area contributed by atoms with Crippen LogP contribution in [-0.4, -0.2) is 56.5 Å². The molecule has 0 aromatic heterocycles. The molecule has 0 atom stereocenters. The largest absolute Gasteiger partial charge is 0.495 e. The second-order valence-corrected chi connectivity index (χ2v) is 5.89. The SMILES string of the molecule is COc1ccc(C(=O)N(C)CC2CCN(C)CC2)cc1N. The molecular formula is C16H25N3O2. The number of likely N-dealkylation sites (tertiary alicyclic amines) is 1. The van der Waals surface area contributed by atoms with Gasteiger partial charge in [-0.25, -0.2) is 0 Å². The van der Waals surface area contributed by atoms with Gasteiger partial charge in [0, 0.05) is 19.2 Å². The summed E-state index contributed by atoms with van der Waals surface area (Å²) in [5.74, 6) is 1.21. The van der Waals surface area contributed by atoms with Crippen LogP contribution in [0.15, 0.2) is 18.2 Å². The number of ether oxygens (including phenoxy) is 1. The van der Waals surface area contributed by atoms with Gasteiger partial charge in [-0.05, 0) is 57.1 Å². The standard InChI is InChI=1S/C16H25N3O2/c1-18-8-6-12(7-9-18)11-19(2)16(20)13-4-5-15(21-3)14(17)10-13/h4-5,10,12H,6-9,11,17H2,1-3H3. The first-order valence-electron chi connectivity index (χ1n) is 7.38. The first-order chi connectivity index (χ1) is 10.0. The van der Waals surface area contributed by atoms with Gasteiger partial charge in [-0.15, -0.1) is 0 Å². The van der Waals surface area contributed by atoms with Gasteiger partial charge in [0.2, 0.25) is 0 Å². The van der Waals surface area contributed by atoms with E-state index in [1.807, 2.05) is 7.05 Å². The summed E-state index contributed by atoms with van der Waals surface area (Å²) in [5.41, 5.74) is 6.98. The van der Waals surface area contributed by atoms with Crippen molar-refractivity contribution in [1.82, 2.24) is 9.80 Å². The van der Waals surface area contributed by atoms with Crippen LogP contribution in [0.4, 0.5) is 5.69 Å². The minimum absolute atomic E-state index is 0.0169. The van der Waals surface area contributed by atoms with Crippen LogP contribution >= 0.6 is 0 Å². The molecule has 5 heteroatoms. The molecule has 1 aliphatic rings. The van der Waals surface area contributed by atoms with Gasteiger partial charge >= 0.3 is 0 Å². The highest BCUT2D eigenvalue weighted by Crippen LogP contribution is 2.23. The van der Waals surface area contributed by atoms with E-state index in [1.54, 1.807) is 30.2 Å². The highest BCUT2D eigenvalue weighted by Gasteiger charge is 2.21. The predicted octanol–water partition coefficient (Wildman–Crippen LogP) is 1.69. The van der Waals surface area contributed by atoms with Crippen molar-refractivity contribution in [2.75, 3.05) is 46.6 Å². The molecule has 0 unspecified atom stereocenters. The van der Waals surface area contributed by atoms with Crippen molar-refractivity contribution in [2.45, 2.75) is 12.8 Å². The third kappa shape index (κ3) is 3.88. The molecule has 0 aliphatic carbocycles. The fourth-order valence-corrected chi connectivity index (χ4v) is 2.80. The van der Waals surface area contributed by atoms with Crippen LogP contribution in [0.25, 0.3) is 0 Å². The fraction of sp³-hybridized carbons (Fsp3) is 0.562. The zero-order valence-electron chi connectivity index (χ0n) is 13.1. The van der Waals surface area contributed by atoms with Crippen molar-refractivity contribution in [3.8, 4) is 5.75 Å². The summed E-state index contributed by atoms with van der Waals surface area (Å²) in [5, 5.41) is 0. The maximum Gasteiger partial charge on any atom is 0.253 e. The number of benzene rings is 1. The molecule has 21 heavy (non-hydrogen) atoms. The lowest BCUT2D eigenvalue weighted by atomic mass is 9.96. The molecule has 0 bridgehead atoms. The molecule has 0 radical (unpaired) electrons. The smallest absolute Gasteiger partial charge is 0.253 e. The predicted molar refractivity (Wildman–Crippen MR) is 84.6 cm³/mol. The fourth-order valence-electron chi connectivity index (χ4n) is 2.80. The Morgan fingerprint density at radius 3 is 2.67 bits per heavy atom. The number of rotatable bonds is 4. The third-order valence-electron chi connectivity index (χ3n) is 4.19. The van der Waals surface area contributed by atoms with Crippen molar-refractivity contribution in [3.63, 3.8) is 0 Å². The van der Waals surface area contributed by atoms with E-state index in [0.717, 1.165) is 32.5 Å². The number of methoxy groups -OCH3 is 1. The molecule has 2 N–H and O–H groups in total. The summed E-state index contributed by atoms with van der Waals surface area (Å²) < 4.78 is 5.12. The molecular weight excluding hydrogens is 266 g/mol. The van der Waals surface area contributed by atoms with E-state index in [2.05, 4.69) is 11.9 Å². The Kier molecular flexibility index (Phi) is 5.07.